The van der Waals surface area contributed by atoms with Crippen molar-refractivity contribution in [3.8, 4) is 0 Å². The summed E-state index contributed by atoms with van der Waals surface area (Å²) in [6.07, 6.45) is 5.75. The molecule has 0 saturated carbocycles. The van der Waals surface area contributed by atoms with E-state index in [1.54, 1.807) is 13.1 Å². The van der Waals surface area contributed by atoms with E-state index in [1.165, 1.54) is 6.20 Å². The third-order valence-electron chi connectivity index (χ3n) is 7.07. The molecule has 1 spiro atoms. The van der Waals surface area contributed by atoms with Crippen molar-refractivity contribution in [2.24, 2.45) is 11.8 Å². The van der Waals surface area contributed by atoms with Gasteiger partial charge in [0.1, 0.15) is 17.0 Å². The van der Waals surface area contributed by atoms with E-state index in [0.717, 1.165) is 18.5 Å². The number of aryl methyl sites for hydroxylation is 3. The molecular formula is C22H27N5O4. The minimum atomic E-state index is -0.309. The van der Waals surface area contributed by atoms with Crippen LogP contribution in [-0.4, -0.2) is 63.2 Å². The van der Waals surface area contributed by atoms with Crippen LogP contribution in [0.1, 0.15) is 57.8 Å². The van der Waals surface area contributed by atoms with E-state index in [9.17, 15) is 9.59 Å². The summed E-state index contributed by atoms with van der Waals surface area (Å²) >= 11 is 0. The van der Waals surface area contributed by atoms with Gasteiger partial charge in [-0.05, 0) is 33.1 Å². The average molecular weight is 425 g/mol. The Hall–Kier alpha value is -2.81. The Morgan fingerprint density at radius 3 is 2.87 bits per heavy atom. The summed E-state index contributed by atoms with van der Waals surface area (Å²) in [4.78, 5) is 36.0. The van der Waals surface area contributed by atoms with Crippen LogP contribution in [0.25, 0.3) is 0 Å². The van der Waals surface area contributed by atoms with Crippen molar-refractivity contribution in [3.63, 3.8) is 0 Å². The highest BCUT2D eigenvalue weighted by atomic mass is 16.5. The average Bonchev–Trinajstić information content (AvgIpc) is 3.51. The number of carbonyl (C=O) groups is 2. The number of amides is 2. The van der Waals surface area contributed by atoms with Gasteiger partial charge in [0.15, 0.2) is 0 Å². The smallest absolute Gasteiger partial charge is 0.271 e. The van der Waals surface area contributed by atoms with Crippen LogP contribution in [-0.2, 0) is 11.2 Å². The highest BCUT2D eigenvalue weighted by Crippen LogP contribution is 2.54. The maximum atomic E-state index is 13.3. The normalized spacial score (nSPS) is 28.7. The molecule has 164 valence electrons. The molecular weight excluding hydrogens is 398 g/mol. The van der Waals surface area contributed by atoms with Crippen LogP contribution in [0, 0.1) is 25.7 Å². The molecule has 2 aromatic rings. The Bertz CT molecular complexity index is 1020. The number of hydrogen-bond donors (Lipinski definition) is 1. The van der Waals surface area contributed by atoms with E-state index in [-0.39, 0.29) is 35.4 Å². The zero-order valence-electron chi connectivity index (χ0n) is 18.1. The van der Waals surface area contributed by atoms with Crippen LogP contribution >= 0.6 is 0 Å². The minimum Gasteiger partial charge on any atom is -0.369 e. The van der Waals surface area contributed by atoms with E-state index in [4.69, 9.17) is 9.26 Å². The first kappa shape index (κ1) is 20.1. The Balaban J connectivity index is 1.29. The van der Waals surface area contributed by atoms with Gasteiger partial charge in [-0.3, -0.25) is 14.6 Å². The van der Waals surface area contributed by atoms with Crippen molar-refractivity contribution < 1.29 is 18.8 Å². The van der Waals surface area contributed by atoms with E-state index >= 15 is 0 Å². The number of aromatic nitrogens is 3. The molecule has 2 bridgehead atoms. The minimum absolute atomic E-state index is 0.0378. The van der Waals surface area contributed by atoms with Gasteiger partial charge < -0.3 is 19.5 Å². The summed E-state index contributed by atoms with van der Waals surface area (Å²) in [5.41, 5.74) is 2.05. The molecule has 0 unspecified atom stereocenters. The quantitative estimate of drug-likeness (QED) is 0.776. The topological polar surface area (TPSA) is 110 Å². The highest BCUT2D eigenvalue weighted by Gasteiger charge is 2.63. The van der Waals surface area contributed by atoms with Gasteiger partial charge in [-0.15, -0.1) is 0 Å². The molecule has 1 N–H and O–H groups in total. The van der Waals surface area contributed by atoms with Crippen LogP contribution in [0.4, 0.5) is 0 Å². The summed E-state index contributed by atoms with van der Waals surface area (Å²) in [7, 11) is 0. The number of rotatable bonds is 5. The van der Waals surface area contributed by atoms with E-state index < -0.39 is 0 Å². The fourth-order valence-electron chi connectivity index (χ4n) is 5.52. The van der Waals surface area contributed by atoms with Crippen LogP contribution in [0.15, 0.2) is 16.9 Å². The van der Waals surface area contributed by atoms with Crippen LogP contribution in [0.2, 0.25) is 0 Å². The second-order valence-electron chi connectivity index (χ2n) is 8.88. The third kappa shape index (κ3) is 3.22. The molecule has 5 rings (SSSR count). The molecule has 3 aliphatic rings. The van der Waals surface area contributed by atoms with E-state index in [0.29, 0.717) is 48.8 Å². The van der Waals surface area contributed by atoms with Crippen molar-refractivity contribution in [3.05, 3.63) is 40.8 Å². The van der Waals surface area contributed by atoms with Crippen molar-refractivity contribution in [2.45, 2.75) is 51.7 Å². The zero-order chi connectivity index (χ0) is 21.8. The van der Waals surface area contributed by atoms with Crippen molar-refractivity contribution in [1.29, 1.82) is 0 Å². The summed E-state index contributed by atoms with van der Waals surface area (Å²) in [5.74, 6) is 0.657. The van der Waals surface area contributed by atoms with Crippen molar-refractivity contribution >= 4 is 11.8 Å². The first-order chi connectivity index (χ1) is 14.9. The van der Waals surface area contributed by atoms with Crippen LogP contribution < -0.4 is 5.32 Å². The lowest BCUT2D eigenvalue weighted by molar-refractivity contribution is 0.00313. The van der Waals surface area contributed by atoms with Gasteiger partial charge in [0.25, 0.3) is 11.8 Å². The number of nitrogens with one attached hydrogen (secondary N) is 1. The maximum Gasteiger partial charge on any atom is 0.271 e. The maximum absolute atomic E-state index is 13.3. The van der Waals surface area contributed by atoms with Gasteiger partial charge in [-0.25, -0.2) is 4.98 Å². The molecule has 2 aromatic heterocycles. The van der Waals surface area contributed by atoms with Gasteiger partial charge in [0.2, 0.25) is 0 Å². The number of nitrogens with zero attached hydrogens (tertiary/aromatic N) is 4. The molecule has 5 heterocycles. The van der Waals surface area contributed by atoms with E-state index in [1.807, 2.05) is 18.7 Å². The molecule has 0 aromatic carbocycles. The number of fused-ring (bicyclic) bond motifs is 1. The summed E-state index contributed by atoms with van der Waals surface area (Å²) in [6.45, 7) is 7.28. The Morgan fingerprint density at radius 1 is 1.29 bits per heavy atom. The SMILES string of the molecule is CCc1noc(C)c1C(=O)N1C[C@@H]2[C@H](CNC(=O)c3cnc(C)cn3)[C@H]3CC[C@]2(C1)O3. The summed E-state index contributed by atoms with van der Waals surface area (Å²) in [6, 6.07) is 0. The second-order valence-corrected chi connectivity index (χ2v) is 8.88. The predicted molar refractivity (Wildman–Crippen MR) is 109 cm³/mol. The first-order valence-corrected chi connectivity index (χ1v) is 10.9. The fourth-order valence-corrected chi connectivity index (χ4v) is 5.52. The second kappa shape index (κ2) is 7.40. The summed E-state index contributed by atoms with van der Waals surface area (Å²) in [5, 5.41) is 7.03. The largest absolute Gasteiger partial charge is 0.369 e. The molecule has 0 aliphatic carbocycles. The predicted octanol–water partition coefficient (Wildman–Crippen LogP) is 1.69. The molecule has 9 nitrogen and oxygen atoms in total. The zero-order valence-corrected chi connectivity index (χ0v) is 18.1. The molecule has 4 atom stereocenters. The standard InChI is InChI=1S/C22H27N5O4/c1-4-16-19(13(3)31-26-16)21(29)27-10-15-14(18-5-6-22(15,11-27)30-18)8-25-20(28)17-9-23-12(2)7-24-17/h7,9,14-15,18H,4-6,8,10-11H2,1-3H3,(H,25,28)/t14-,15+,18+,22+/m0/s1. The molecule has 3 saturated heterocycles. The molecule has 3 aliphatic heterocycles. The molecule has 9 heteroatoms. The molecule has 31 heavy (non-hydrogen) atoms. The van der Waals surface area contributed by atoms with Gasteiger partial charge >= 0.3 is 0 Å². The number of ether oxygens (including phenoxy) is 1. The van der Waals surface area contributed by atoms with Gasteiger partial charge in [0, 0.05) is 31.1 Å². The van der Waals surface area contributed by atoms with Gasteiger partial charge in [-0.1, -0.05) is 12.1 Å². The highest BCUT2D eigenvalue weighted by molar-refractivity contribution is 5.96. The Labute approximate surface area is 180 Å². The first-order valence-electron chi connectivity index (χ1n) is 10.9. The lowest BCUT2D eigenvalue weighted by atomic mass is 9.73. The lowest BCUT2D eigenvalue weighted by Crippen LogP contribution is -2.42. The van der Waals surface area contributed by atoms with Crippen molar-refractivity contribution in [1.82, 2.24) is 25.3 Å². The lowest BCUT2D eigenvalue weighted by Gasteiger charge is -2.29. The van der Waals surface area contributed by atoms with E-state index in [2.05, 4.69) is 20.4 Å². The molecule has 0 radical (unpaired) electrons. The monoisotopic (exact) mass is 425 g/mol. The Kier molecular flexibility index (Phi) is 4.80. The molecule has 2 amide bonds. The third-order valence-corrected chi connectivity index (χ3v) is 7.07. The van der Waals surface area contributed by atoms with Gasteiger partial charge in [-0.2, -0.15) is 0 Å². The van der Waals surface area contributed by atoms with Crippen molar-refractivity contribution in [2.75, 3.05) is 19.6 Å². The van der Waals surface area contributed by atoms with Crippen LogP contribution in [0.3, 0.4) is 0 Å². The molecule has 3 fully saturated rings. The Morgan fingerprint density at radius 2 is 2.13 bits per heavy atom. The number of hydrogen-bond acceptors (Lipinski definition) is 7. The number of carbonyl (C=O) groups excluding carboxylic acids is 2. The van der Waals surface area contributed by atoms with Crippen LogP contribution in [0.5, 0.6) is 0 Å². The number of likely N-dealkylation sites (tertiary alicyclic amines) is 1. The van der Waals surface area contributed by atoms with Gasteiger partial charge in [0.05, 0.1) is 35.8 Å². The fraction of sp³-hybridized carbons (Fsp3) is 0.591. The summed E-state index contributed by atoms with van der Waals surface area (Å²) < 4.78 is 11.7.